The fraction of sp³-hybridized carbons (Fsp3) is 0.400. The van der Waals surface area contributed by atoms with Crippen molar-refractivity contribution < 1.29 is 4.39 Å². The summed E-state index contributed by atoms with van der Waals surface area (Å²) in [7, 11) is 0. The van der Waals surface area contributed by atoms with Crippen molar-refractivity contribution in [3.63, 3.8) is 0 Å². The number of fused-ring (bicyclic) bond motifs is 1. The van der Waals surface area contributed by atoms with Crippen LogP contribution in [0.15, 0.2) is 24.3 Å². The van der Waals surface area contributed by atoms with Gasteiger partial charge >= 0.3 is 0 Å². The highest BCUT2D eigenvalue weighted by atomic mass is 19.1. The summed E-state index contributed by atoms with van der Waals surface area (Å²) >= 11 is 0. The van der Waals surface area contributed by atoms with Crippen molar-refractivity contribution in [1.29, 1.82) is 0 Å². The largest absolute Gasteiger partial charge is 0.282 e. The van der Waals surface area contributed by atoms with Gasteiger partial charge in [-0.1, -0.05) is 12.8 Å². The predicted molar refractivity (Wildman–Crippen MR) is 69.9 cm³/mol. The van der Waals surface area contributed by atoms with E-state index in [4.69, 9.17) is 0 Å². The van der Waals surface area contributed by atoms with Gasteiger partial charge in [0.05, 0.1) is 5.69 Å². The Morgan fingerprint density at radius 1 is 0.944 bits per heavy atom. The van der Waals surface area contributed by atoms with Crippen molar-refractivity contribution in [1.82, 2.24) is 10.2 Å². The van der Waals surface area contributed by atoms with E-state index in [2.05, 4.69) is 10.2 Å². The summed E-state index contributed by atoms with van der Waals surface area (Å²) < 4.78 is 13.0. The fourth-order valence-corrected chi connectivity index (χ4v) is 2.68. The molecule has 1 aromatic heterocycles. The second-order valence-corrected chi connectivity index (χ2v) is 4.95. The maximum absolute atomic E-state index is 13.0. The third-order valence-corrected chi connectivity index (χ3v) is 3.67. The number of aromatic nitrogens is 2. The molecule has 0 radical (unpaired) electrons. The molecule has 1 aromatic carbocycles. The Labute approximate surface area is 106 Å². The first-order valence-corrected chi connectivity index (χ1v) is 6.66. The normalized spacial score (nSPS) is 15.8. The third kappa shape index (κ3) is 2.17. The smallest absolute Gasteiger partial charge is 0.123 e. The molecule has 1 heterocycles. The molecule has 1 N–H and O–H groups in total. The van der Waals surface area contributed by atoms with Crippen molar-refractivity contribution in [3.05, 3.63) is 41.3 Å². The molecule has 94 valence electrons. The molecule has 0 bridgehead atoms. The van der Waals surface area contributed by atoms with Gasteiger partial charge in [0.1, 0.15) is 5.82 Å². The standard InChI is InChI=1S/C15H17FN2/c16-12-9-7-11(8-10-12)15-13-5-3-1-2-4-6-14(13)17-18-15/h7-10H,1-6H2,(H,17,18). The average molecular weight is 244 g/mol. The number of nitrogens with zero attached hydrogens (tertiary/aromatic N) is 1. The molecule has 0 spiro atoms. The molecule has 0 fully saturated rings. The number of nitrogens with one attached hydrogen (secondary N) is 1. The lowest BCUT2D eigenvalue weighted by molar-refractivity contribution is 0.612. The quantitative estimate of drug-likeness (QED) is 0.810. The summed E-state index contributed by atoms with van der Waals surface area (Å²) in [6.07, 6.45) is 7.23. The van der Waals surface area contributed by atoms with Crippen LogP contribution in [0, 0.1) is 5.82 Å². The molecule has 0 amide bonds. The number of rotatable bonds is 1. The maximum Gasteiger partial charge on any atom is 0.123 e. The highest BCUT2D eigenvalue weighted by Crippen LogP contribution is 2.28. The summed E-state index contributed by atoms with van der Waals surface area (Å²) in [5, 5.41) is 7.60. The van der Waals surface area contributed by atoms with E-state index in [1.165, 1.54) is 49.1 Å². The Morgan fingerprint density at radius 2 is 1.67 bits per heavy atom. The molecule has 2 aromatic rings. The lowest BCUT2D eigenvalue weighted by Gasteiger charge is -2.10. The molecule has 0 atom stereocenters. The molecule has 1 aliphatic rings. The number of hydrogen-bond donors (Lipinski definition) is 1. The van der Waals surface area contributed by atoms with Gasteiger partial charge in [-0.3, -0.25) is 5.10 Å². The van der Waals surface area contributed by atoms with Gasteiger partial charge in [-0.25, -0.2) is 4.39 Å². The lowest BCUT2D eigenvalue weighted by atomic mass is 9.95. The minimum absolute atomic E-state index is 0.197. The highest BCUT2D eigenvalue weighted by Gasteiger charge is 2.15. The molecule has 2 nitrogen and oxygen atoms in total. The van der Waals surface area contributed by atoms with E-state index in [-0.39, 0.29) is 5.82 Å². The Kier molecular flexibility index (Phi) is 3.13. The van der Waals surface area contributed by atoms with Crippen molar-refractivity contribution in [2.45, 2.75) is 38.5 Å². The van der Waals surface area contributed by atoms with Crippen LogP contribution < -0.4 is 0 Å². The monoisotopic (exact) mass is 244 g/mol. The maximum atomic E-state index is 13.0. The molecule has 1 aliphatic carbocycles. The van der Waals surface area contributed by atoms with Crippen LogP contribution >= 0.6 is 0 Å². The zero-order chi connectivity index (χ0) is 12.4. The van der Waals surface area contributed by atoms with Crippen molar-refractivity contribution in [2.75, 3.05) is 0 Å². The number of aromatic amines is 1. The van der Waals surface area contributed by atoms with Crippen LogP contribution in [0.2, 0.25) is 0 Å². The van der Waals surface area contributed by atoms with Gasteiger partial charge in [0, 0.05) is 16.8 Å². The first-order chi connectivity index (χ1) is 8.84. The van der Waals surface area contributed by atoms with Crippen LogP contribution in [0.4, 0.5) is 4.39 Å². The second kappa shape index (κ2) is 4.92. The Balaban J connectivity index is 1.99. The van der Waals surface area contributed by atoms with Crippen molar-refractivity contribution in [3.8, 4) is 11.3 Å². The van der Waals surface area contributed by atoms with Crippen LogP contribution in [0.3, 0.4) is 0 Å². The molecule has 3 rings (SSSR count). The molecule has 0 saturated carbocycles. The van der Waals surface area contributed by atoms with Gasteiger partial charge in [0.15, 0.2) is 0 Å². The first kappa shape index (κ1) is 11.5. The van der Waals surface area contributed by atoms with Gasteiger partial charge in [-0.15, -0.1) is 0 Å². The Morgan fingerprint density at radius 3 is 2.44 bits per heavy atom. The van der Waals surface area contributed by atoms with Crippen LogP contribution in [0.5, 0.6) is 0 Å². The van der Waals surface area contributed by atoms with Crippen molar-refractivity contribution >= 4 is 0 Å². The molecule has 0 aliphatic heterocycles. The highest BCUT2D eigenvalue weighted by molar-refractivity contribution is 5.64. The third-order valence-electron chi connectivity index (χ3n) is 3.67. The topological polar surface area (TPSA) is 28.7 Å². The average Bonchev–Trinajstić information content (AvgIpc) is 2.72. The minimum Gasteiger partial charge on any atom is -0.282 e. The van der Waals surface area contributed by atoms with E-state index < -0.39 is 0 Å². The summed E-state index contributed by atoms with van der Waals surface area (Å²) in [5.41, 5.74) is 4.62. The van der Waals surface area contributed by atoms with E-state index in [1.807, 2.05) is 12.1 Å². The lowest BCUT2D eigenvalue weighted by Crippen LogP contribution is -1.98. The molecule has 3 heteroatoms. The fourth-order valence-electron chi connectivity index (χ4n) is 2.68. The summed E-state index contributed by atoms with van der Waals surface area (Å²) in [4.78, 5) is 0. The molecular weight excluding hydrogens is 227 g/mol. The Bertz CT molecular complexity index is 528. The van der Waals surface area contributed by atoms with Crippen molar-refractivity contribution in [2.24, 2.45) is 0 Å². The molecule has 0 unspecified atom stereocenters. The van der Waals surface area contributed by atoms with E-state index in [0.29, 0.717) is 0 Å². The van der Waals surface area contributed by atoms with Gasteiger partial charge in [0.2, 0.25) is 0 Å². The van der Waals surface area contributed by atoms with Crippen LogP contribution in [-0.4, -0.2) is 10.2 Å². The van der Waals surface area contributed by atoms with Crippen LogP contribution in [-0.2, 0) is 12.8 Å². The summed E-state index contributed by atoms with van der Waals surface area (Å²) in [5.74, 6) is -0.197. The number of benzene rings is 1. The summed E-state index contributed by atoms with van der Waals surface area (Å²) in [6.45, 7) is 0. The SMILES string of the molecule is Fc1ccc(-c2n[nH]c3c2CCCCCC3)cc1. The number of aryl methyl sites for hydroxylation is 1. The minimum atomic E-state index is -0.197. The predicted octanol–water partition coefficient (Wildman–Crippen LogP) is 3.87. The summed E-state index contributed by atoms with van der Waals surface area (Å²) in [6, 6.07) is 6.62. The Hall–Kier alpha value is -1.64. The van der Waals surface area contributed by atoms with E-state index in [0.717, 1.165) is 24.1 Å². The van der Waals surface area contributed by atoms with E-state index in [1.54, 1.807) is 0 Å². The molecule has 0 saturated heterocycles. The first-order valence-electron chi connectivity index (χ1n) is 6.66. The number of halogens is 1. The molecule has 18 heavy (non-hydrogen) atoms. The zero-order valence-corrected chi connectivity index (χ0v) is 10.4. The van der Waals surface area contributed by atoms with Gasteiger partial charge in [0.25, 0.3) is 0 Å². The molecular formula is C15H17FN2. The van der Waals surface area contributed by atoms with Crippen LogP contribution in [0.1, 0.15) is 36.9 Å². The van der Waals surface area contributed by atoms with Gasteiger partial charge in [-0.2, -0.15) is 5.10 Å². The van der Waals surface area contributed by atoms with Gasteiger partial charge < -0.3 is 0 Å². The van der Waals surface area contributed by atoms with E-state index in [9.17, 15) is 4.39 Å². The van der Waals surface area contributed by atoms with E-state index >= 15 is 0 Å². The van der Waals surface area contributed by atoms with Gasteiger partial charge in [-0.05, 0) is 49.9 Å². The second-order valence-electron chi connectivity index (χ2n) is 4.95. The van der Waals surface area contributed by atoms with Crippen LogP contribution in [0.25, 0.3) is 11.3 Å². The number of hydrogen-bond acceptors (Lipinski definition) is 1. The zero-order valence-electron chi connectivity index (χ0n) is 10.4. The number of H-pyrrole nitrogens is 1.